The second-order valence-corrected chi connectivity index (χ2v) is 6.69. The van der Waals surface area contributed by atoms with Crippen molar-refractivity contribution in [3.05, 3.63) is 29.5 Å². The van der Waals surface area contributed by atoms with E-state index in [1.807, 2.05) is 22.4 Å². The number of piperazine rings is 1. The monoisotopic (exact) mass is 335 g/mol. The average molecular weight is 335 g/mol. The van der Waals surface area contributed by atoms with Crippen LogP contribution in [0.3, 0.4) is 0 Å². The number of carbonyl (C=O) groups is 1. The number of hydrogen-bond donors (Lipinski definition) is 1. The smallest absolute Gasteiger partial charge is 0.228 e. The van der Waals surface area contributed by atoms with E-state index in [4.69, 9.17) is 4.42 Å². The van der Waals surface area contributed by atoms with Gasteiger partial charge in [0.15, 0.2) is 10.8 Å². The fraction of sp³-hybridized carbons (Fsp3) is 0.500. The zero-order chi connectivity index (χ0) is 16.2. The highest BCUT2D eigenvalue weighted by Crippen LogP contribution is 2.24. The number of thiazole rings is 1. The third-order valence-electron chi connectivity index (χ3n) is 3.86. The molecule has 6 nitrogen and oxygen atoms in total. The third kappa shape index (κ3) is 4.19. The highest BCUT2D eigenvalue weighted by Gasteiger charge is 2.22. The summed E-state index contributed by atoms with van der Waals surface area (Å²) in [5, 5.41) is 12.1. The Labute approximate surface area is 139 Å². The van der Waals surface area contributed by atoms with E-state index in [0.717, 1.165) is 29.6 Å². The zero-order valence-corrected chi connectivity index (χ0v) is 14.0. The number of hydrogen-bond acceptors (Lipinski definition) is 6. The summed E-state index contributed by atoms with van der Waals surface area (Å²) in [6.07, 6.45) is 1.62. The van der Waals surface area contributed by atoms with Gasteiger partial charge in [0.1, 0.15) is 0 Å². The van der Waals surface area contributed by atoms with Crippen molar-refractivity contribution < 1.29 is 14.3 Å². The maximum Gasteiger partial charge on any atom is 0.228 e. The number of aliphatic hydroxyl groups is 1. The van der Waals surface area contributed by atoms with Crippen LogP contribution in [0, 0.1) is 0 Å². The van der Waals surface area contributed by atoms with Gasteiger partial charge in [-0.25, -0.2) is 4.98 Å². The standard InChI is InChI=1S/C16H21N3O3S/c1-12(20)10-18-4-6-19(7-5-18)15(21)9-13-11-23-16(17-13)14-3-2-8-22-14/h2-3,8,11-12,20H,4-7,9-10H2,1H3/t12-/m1/s1. The molecule has 2 aromatic rings. The van der Waals surface area contributed by atoms with Gasteiger partial charge in [-0.1, -0.05) is 0 Å². The van der Waals surface area contributed by atoms with Crippen LogP contribution in [-0.4, -0.2) is 64.6 Å². The summed E-state index contributed by atoms with van der Waals surface area (Å²) in [5.41, 5.74) is 0.790. The molecule has 1 N–H and O–H groups in total. The predicted molar refractivity (Wildman–Crippen MR) is 88.2 cm³/mol. The van der Waals surface area contributed by atoms with Crippen LogP contribution in [0.1, 0.15) is 12.6 Å². The lowest BCUT2D eigenvalue weighted by Gasteiger charge is -2.35. The fourth-order valence-electron chi connectivity index (χ4n) is 2.72. The molecule has 2 aromatic heterocycles. The molecule has 0 unspecified atom stereocenters. The second kappa shape index (κ2) is 7.25. The Morgan fingerprint density at radius 3 is 2.87 bits per heavy atom. The molecule has 0 bridgehead atoms. The van der Waals surface area contributed by atoms with Gasteiger partial charge in [0.25, 0.3) is 0 Å². The topological polar surface area (TPSA) is 69.8 Å². The molecule has 1 fully saturated rings. The summed E-state index contributed by atoms with van der Waals surface area (Å²) in [5.74, 6) is 0.846. The van der Waals surface area contributed by atoms with Crippen LogP contribution < -0.4 is 0 Å². The van der Waals surface area contributed by atoms with Crippen LogP contribution >= 0.6 is 11.3 Å². The molecule has 1 aliphatic rings. The van der Waals surface area contributed by atoms with Gasteiger partial charge in [-0.05, 0) is 19.1 Å². The Kier molecular flexibility index (Phi) is 5.09. The molecule has 1 aliphatic heterocycles. The van der Waals surface area contributed by atoms with Crippen LogP contribution in [0.2, 0.25) is 0 Å². The first-order valence-corrected chi connectivity index (χ1v) is 8.66. The Balaban J connectivity index is 1.52. The first-order chi connectivity index (χ1) is 11.1. The van der Waals surface area contributed by atoms with E-state index in [1.54, 1.807) is 13.2 Å². The van der Waals surface area contributed by atoms with Crippen molar-refractivity contribution in [1.29, 1.82) is 0 Å². The fourth-order valence-corrected chi connectivity index (χ4v) is 3.51. The average Bonchev–Trinajstić information content (AvgIpc) is 3.18. The second-order valence-electron chi connectivity index (χ2n) is 5.83. The number of carbonyl (C=O) groups excluding carboxylic acids is 1. The van der Waals surface area contributed by atoms with Gasteiger partial charge in [0.2, 0.25) is 5.91 Å². The summed E-state index contributed by atoms with van der Waals surface area (Å²) in [6.45, 7) is 5.50. The van der Waals surface area contributed by atoms with Gasteiger partial charge in [-0.15, -0.1) is 11.3 Å². The number of amides is 1. The summed E-state index contributed by atoms with van der Waals surface area (Å²) >= 11 is 1.49. The summed E-state index contributed by atoms with van der Waals surface area (Å²) in [4.78, 5) is 20.9. The van der Waals surface area contributed by atoms with Gasteiger partial charge in [-0.3, -0.25) is 9.69 Å². The van der Waals surface area contributed by atoms with Crippen molar-refractivity contribution in [2.24, 2.45) is 0 Å². The molecule has 3 rings (SSSR count). The number of furan rings is 1. The van der Waals surface area contributed by atoms with Gasteiger partial charge in [0.05, 0.1) is 24.5 Å². The molecule has 0 radical (unpaired) electrons. The van der Waals surface area contributed by atoms with Crippen molar-refractivity contribution in [2.75, 3.05) is 32.7 Å². The van der Waals surface area contributed by atoms with E-state index in [-0.39, 0.29) is 12.0 Å². The molecule has 1 atom stereocenters. The lowest BCUT2D eigenvalue weighted by molar-refractivity contribution is -0.132. The van der Waals surface area contributed by atoms with E-state index >= 15 is 0 Å². The molecule has 1 saturated heterocycles. The van der Waals surface area contributed by atoms with Crippen LogP contribution in [0.25, 0.3) is 10.8 Å². The molecule has 23 heavy (non-hydrogen) atoms. The van der Waals surface area contributed by atoms with Crippen molar-refractivity contribution >= 4 is 17.2 Å². The van der Waals surface area contributed by atoms with Crippen LogP contribution in [0.15, 0.2) is 28.2 Å². The number of aromatic nitrogens is 1. The molecular weight excluding hydrogens is 314 g/mol. The third-order valence-corrected chi connectivity index (χ3v) is 4.77. The van der Waals surface area contributed by atoms with Crippen LogP contribution in [0.4, 0.5) is 0 Å². The highest BCUT2D eigenvalue weighted by atomic mass is 32.1. The quantitative estimate of drug-likeness (QED) is 0.896. The summed E-state index contributed by atoms with van der Waals surface area (Å²) in [6, 6.07) is 3.69. The molecule has 0 aromatic carbocycles. The maximum absolute atomic E-state index is 12.4. The van der Waals surface area contributed by atoms with E-state index in [9.17, 15) is 9.90 Å². The molecule has 124 valence electrons. The minimum atomic E-state index is -0.327. The van der Waals surface area contributed by atoms with Gasteiger partial charge in [-0.2, -0.15) is 0 Å². The SMILES string of the molecule is C[C@@H](O)CN1CCN(C(=O)Cc2csc(-c3ccco3)n2)CC1. The molecule has 0 saturated carbocycles. The lowest BCUT2D eigenvalue weighted by atomic mass is 10.2. The Morgan fingerprint density at radius 1 is 1.43 bits per heavy atom. The Bertz CT molecular complexity index is 631. The van der Waals surface area contributed by atoms with Gasteiger partial charge >= 0.3 is 0 Å². The van der Waals surface area contributed by atoms with Crippen molar-refractivity contribution in [1.82, 2.24) is 14.8 Å². The minimum absolute atomic E-state index is 0.109. The first-order valence-electron chi connectivity index (χ1n) is 7.78. The number of aliphatic hydroxyl groups excluding tert-OH is 1. The lowest BCUT2D eigenvalue weighted by Crippen LogP contribution is -2.50. The minimum Gasteiger partial charge on any atom is -0.462 e. The van der Waals surface area contributed by atoms with E-state index in [2.05, 4.69) is 9.88 Å². The van der Waals surface area contributed by atoms with Crippen molar-refractivity contribution in [3.63, 3.8) is 0 Å². The molecule has 0 aliphatic carbocycles. The first kappa shape index (κ1) is 16.2. The Hall–Kier alpha value is -1.70. The van der Waals surface area contributed by atoms with Crippen molar-refractivity contribution in [2.45, 2.75) is 19.4 Å². The number of rotatable bonds is 5. The summed E-state index contributed by atoms with van der Waals surface area (Å²) < 4.78 is 5.32. The summed E-state index contributed by atoms with van der Waals surface area (Å²) in [7, 11) is 0. The molecule has 7 heteroatoms. The molecule has 0 spiro atoms. The Morgan fingerprint density at radius 2 is 2.22 bits per heavy atom. The maximum atomic E-state index is 12.4. The van der Waals surface area contributed by atoms with Gasteiger partial charge < -0.3 is 14.4 Å². The van der Waals surface area contributed by atoms with Crippen LogP contribution in [0.5, 0.6) is 0 Å². The number of nitrogens with zero attached hydrogens (tertiary/aromatic N) is 3. The molecule has 3 heterocycles. The normalized spacial score (nSPS) is 17.4. The molecular formula is C16H21N3O3S. The zero-order valence-electron chi connectivity index (χ0n) is 13.1. The van der Waals surface area contributed by atoms with Crippen LogP contribution in [-0.2, 0) is 11.2 Å². The predicted octanol–water partition coefficient (Wildman–Crippen LogP) is 1.47. The van der Waals surface area contributed by atoms with E-state index in [1.165, 1.54) is 11.3 Å². The highest BCUT2D eigenvalue weighted by molar-refractivity contribution is 7.13. The van der Waals surface area contributed by atoms with Gasteiger partial charge in [0, 0.05) is 38.1 Å². The molecule has 1 amide bonds. The van der Waals surface area contributed by atoms with Crippen molar-refractivity contribution in [3.8, 4) is 10.8 Å². The number of β-amino-alcohol motifs (C(OH)–C–C–N with tert-alkyl or cyclic N) is 1. The van der Waals surface area contributed by atoms with E-state index in [0.29, 0.717) is 26.1 Å². The largest absolute Gasteiger partial charge is 0.462 e. The van der Waals surface area contributed by atoms with E-state index < -0.39 is 0 Å².